The number of unbranched alkanes of at least 4 members (excludes halogenated alkanes) is 1. The molecule has 0 saturated carbocycles. The molecule has 2 nitrogen and oxygen atoms in total. The van der Waals surface area contributed by atoms with Gasteiger partial charge in [-0.2, -0.15) is 0 Å². The van der Waals surface area contributed by atoms with Crippen molar-refractivity contribution in [1.82, 2.24) is 5.32 Å². The zero-order valence-electron chi connectivity index (χ0n) is 13.1. The molecular weight excluding hydrogens is 270 g/mol. The fraction of sp³-hybridized carbons (Fsp3) is 0.400. The maximum absolute atomic E-state index is 5.73. The van der Waals surface area contributed by atoms with Gasteiger partial charge in [0.2, 0.25) is 0 Å². The molecule has 116 valence electrons. The summed E-state index contributed by atoms with van der Waals surface area (Å²) in [5.74, 6) is 0.969. The van der Waals surface area contributed by atoms with E-state index in [-0.39, 0.29) is 0 Å². The first-order chi connectivity index (χ1) is 10.9. The third-order valence-corrected chi connectivity index (χ3v) is 4.34. The standard InChI is InChI=1S/C20H25NO/c1-2-11-18(12-3-1)22-16-7-6-15-21-20-14-8-10-17-9-4-5-13-19(17)20/h1-5,9,11-13,20-21H,6-8,10,14-16H2/t20-/m0/s1. The summed E-state index contributed by atoms with van der Waals surface area (Å²) in [5.41, 5.74) is 3.04. The Hall–Kier alpha value is -1.80. The van der Waals surface area contributed by atoms with Gasteiger partial charge in [0.1, 0.15) is 5.75 Å². The van der Waals surface area contributed by atoms with Crippen LogP contribution in [0, 0.1) is 0 Å². The molecule has 2 aromatic carbocycles. The van der Waals surface area contributed by atoms with E-state index in [9.17, 15) is 0 Å². The molecule has 1 N–H and O–H groups in total. The van der Waals surface area contributed by atoms with E-state index < -0.39 is 0 Å². The fourth-order valence-corrected chi connectivity index (χ4v) is 3.18. The number of para-hydroxylation sites is 1. The van der Waals surface area contributed by atoms with Crippen LogP contribution in [-0.2, 0) is 6.42 Å². The van der Waals surface area contributed by atoms with Crippen LogP contribution in [0.1, 0.15) is 42.9 Å². The molecule has 0 bridgehead atoms. The third-order valence-electron chi connectivity index (χ3n) is 4.34. The number of hydrogen-bond donors (Lipinski definition) is 1. The zero-order chi connectivity index (χ0) is 15.0. The molecule has 0 radical (unpaired) electrons. The van der Waals surface area contributed by atoms with Crippen molar-refractivity contribution < 1.29 is 4.74 Å². The monoisotopic (exact) mass is 295 g/mol. The van der Waals surface area contributed by atoms with E-state index in [1.807, 2.05) is 30.3 Å². The van der Waals surface area contributed by atoms with E-state index in [1.165, 1.54) is 30.4 Å². The van der Waals surface area contributed by atoms with E-state index in [0.29, 0.717) is 6.04 Å². The van der Waals surface area contributed by atoms with Gasteiger partial charge < -0.3 is 10.1 Å². The minimum absolute atomic E-state index is 0.542. The highest BCUT2D eigenvalue weighted by Gasteiger charge is 2.18. The first-order valence-corrected chi connectivity index (χ1v) is 8.42. The molecule has 0 amide bonds. The van der Waals surface area contributed by atoms with Gasteiger partial charge in [-0.15, -0.1) is 0 Å². The summed E-state index contributed by atoms with van der Waals surface area (Å²) < 4.78 is 5.73. The van der Waals surface area contributed by atoms with E-state index in [2.05, 4.69) is 29.6 Å². The number of aryl methyl sites for hydroxylation is 1. The molecule has 0 heterocycles. The molecule has 0 aliphatic heterocycles. The molecule has 2 heteroatoms. The highest BCUT2D eigenvalue weighted by Crippen LogP contribution is 2.29. The number of benzene rings is 2. The van der Waals surface area contributed by atoms with Crippen LogP contribution in [-0.4, -0.2) is 13.2 Å². The zero-order valence-corrected chi connectivity index (χ0v) is 13.1. The van der Waals surface area contributed by atoms with Gasteiger partial charge in [0, 0.05) is 6.04 Å². The van der Waals surface area contributed by atoms with E-state index >= 15 is 0 Å². The van der Waals surface area contributed by atoms with Gasteiger partial charge in [-0.3, -0.25) is 0 Å². The Balaban J connectivity index is 1.36. The number of hydrogen-bond acceptors (Lipinski definition) is 2. The van der Waals surface area contributed by atoms with Gasteiger partial charge in [0.05, 0.1) is 6.61 Å². The van der Waals surface area contributed by atoms with Crippen molar-refractivity contribution in [1.29, 1.82) is 0 Å². The molecule has 3 rings (SSSR count). The van der Waals surface area contributed by atoms with Crippen molar-refractivity contribution in [2.75, 3.05) is 13.2 Å². The Morgan fingerprint density at radius 2 is 1.77 bits per heavy atom. The molecule has 22 heavy (non-hydrogen) atoms. The first kappa shape index (κ1) is 15.1. The lowest BCUT2D eigenvalue weighted by Crippen LogP contribution is -2.26. The Bertz CT molecular complexity index is 567. The van der Waals surface area contributed by atoms with Crippen LogP contribution < -0.4 is 10.1 Å². The van der Waals surface area contributed by atoms with Crippen LogP contribution in [0.2, 0.25) is 0 Å². The maximum Gasteiger partial charge on any atom is 0.119 e. The summed E-state index contributed by atoms with van der Waals surface area (Å²) in [5, 5.41) is 3.72. The van der Waals surface area contributed by atoms with Gasteiger partial charge >= 0.3 is 0 Å². The Morgan fingerprint density at radius 1 is 0.955 bits per heavy atom. The van der Waals surface area contributed by atoms with Crippen molar-refractivity contribution in [2.24, 2.45) is 0 Å². The summed E-state index contributed by atoms with van der Waals surface area (Å²) >= 11 is 0. The SMILES string of the molecule is c1ccc(OCCCCN[C@H]2CCCc3ccccc32)cc1. The van der Waals surface area contributed by atoms with Crippen LogP contribution >= 0.6 is 0 Å². The predicted molar refractivity (Wildman–Crippen MR) is 91.3 cm³/mol. The lowest BCUT2D eigenvalue weighted by molar-refractivity contribution is 0.303. The minimum Gasteiger partial charge on any atom is -0.494 e. The van der Waals surface area contributed by atoms with Crippen LogP contribution in [0.5, 0.6) is 5.75 Å². The lowest BCUT2D eigenvalue weighted by atomic mass is 9.88. The number of ether oxygens (including phenoxy) is 1. The van der Waals surface area contributed by atoms with Crippen LogP contribution in [0.3, 0.4) is 0 Å². The molecule has 0 unspecified atom stereocenters. The second kappa shape index (κ2) is 8.00. The van der Waals surface area contributed by atoms with Gasteiger partial charge in [0.25, 0.3) is 0 Å². The first-order valence-electron chi connectivity index (χ1n) is 8.42. The minimum atomic E-state index is 0.542. The molecule has 1 aliphatic rings. The highest BCUT2D eigenvalue weighted by atomic mass is 16.5. The van der Waals surface area contributed by atoms with E-state index in [4.69, 9.17) is 4.74 Å². The molecule has 1 aliphatic carbocycles. The topological polar surface area (TPSA) is 21.3 Å². The summed E-state index contributed by atoms with van der Waals surface area (Å²) in [7, 11) is 0. The molecule has 0 aromatic heterocycles. The van der Waals surface area contributed by atoms with Gasteiger partial charge in [-0.05, 0) is 61.9 Å². The molecule has 1 atom stereocenters. The quantitative estimate of drug-likeness (QED) is 0.759. The summed E-state index contributed by atoms with van der Waals surface area (Å²) in [4.78, 5) is 0. The molecular formula is C20H25NO. The lowest BCUT2D eigenvalue weighted by Gasteiger charge is -2.26. The van der Waals surface area contributed by atoms with Crippen molar-refractivity contribution in [2.45, 2.75) is 38.1 Å². The molecule has 0 saturated heterocycles. The fourth-order valence-electron chi connectivity index (χ4n) is 3.18. The Labute approximate surface area is 133 Å². The summed E-state index contributed by atoms with van der Waals surface area (Å²) in [6.07, 6.45) is 6.05. The number of fused-ring (bicyclic) bond motifs is 1. The van der Waals surface area contributed by atoms with Gasteiger partial charge in [-0.25, -0.2) is 0 Å². The number of nitrogens with one attached hydrogen (secondary N) is 1. The summed E-state index contributed by atoms with van der Waals surface area (Å²) in [6.45, 7) is 1.87. The number of rotatable bonds is 7. The Morgan fingerprint density at radius 3 is 2.68 bits per heavy atom. The summed E-state index contributed by atoms with van der Waals surface area (Å²) in [6, 6.07) is 19.5. The predicted octanol–water partition coefficient (Wildman–Crippen LogP) is 4.51. The third kappa shape index (κ3) is 4.11. The molecule has 2 aromatic rings. The van der Waals surface area contributed by atoms with Crippen molar-refractivity contribution in [3.05, 3.63) is 65.7 Å². The van der Waals surface area contributed by atoms with E-state index in [1.54, 1.807) is 0 Å². The second-order valence-corrected chi connectivity index (χ2v) is 5.97. The average Bonchev–Trinajstić information content (AvgIpc) is 2.59. The van der Waals surface area contributed by atoms with Crippen LogP contribution in [0.25, 0.3) is 0 Å². The second-order valence-electron chi connectivity index (χ2n) is 5.97. The molecule has 0 spiro atoms. The van der Waals surface area contributed by atoms with Crippen molar-refractivity contribution in [3.8, 4) is 5.75 Å². The highest BCUT2D eigenvalue weighted by molar-refractivity contribution is 5.32. The normalized spacial score (nSPS) is 17.0. The van der Waals surface area contributed by atoms with Gasteiger partial charge in [-0.1, -0.05) is 42.5 Å². The van der Waals surface area contributed by atoms with E-state index in [0.717, 1.165) is 31.7 Å². The molecule has 0 fully saturated rings. The average molecular weight is 295 g/mol. The smallest absolute Gasteiger partial charge is 0.119 e. The largest absolute Gasteiger partial charge is 0.494 e. The van der Waals surface area contributed by atoms with Crippen LogP contribution in [0.15, 0.2) is 54.6 Å². The van der Waals surface area contributed by atoms with Crippen molar-refractivity contribution in [3.63, 3.8) is 0 Å². The van der Waals surface area contributed by atoms with Gasteiger partial charge in [0.15, 0.2) is 0 Å². The van der Waals surface area contributed by atoms with Crippen LogP contribution in [0.4, 0.5) is 0 Å². The maximum atomic E-state index is 5.73. The van der Waals surface area contributed by atoms with Crippen molar-refractivity contribution >= 4 is 0 Å². The Kier molecular flexibility index (Phi) is 5.49.